The number of likely N-dealkylation sites (tertiary alicyclic amines) is 1. The second-order valence-corrected chi connectivity index (χ2v) is 9.51. The summed E-state index contributed by atoms with van der Waals surface area (Å²) in [5.74, 6) is 0.932. The van der Waals surface area contributed by atoms with Crippen LogP contribution in [-0.4, -0.2) is 52.6 Å². The molecule has 0 bridgehead atoms. The first-order chi connectivity index (χ1) is 13.9. The molecule has 1 fully saturated rings. The highest BCUT2D eigenvalue weighted by atomic mass is 32.2. The van der Waals surface area contributed by atoms with Gasteiger partial charge in [0.25, 0.3) is 0 Å². The van der Waals surface area contributed by atoms with E-state index in [1.807, 2.05) is 12.1 Å². The number of nitrogens with zero attached hydrogens (tertiary/aromatic N) is 2. The molecule has 0 unspecified atom stereocenters. The molecule has 7 heteroatoms. The van der Waals surface area contributed by atoms with Crippen LogP contribution >= 0.6 is 0 Å². The van der Waals surface area contributed by atoms with Gasteiger partial charge in [-0.3, -0.25) is 0 Å². The molecule has 0 radical (unpaired) electrons. The van der Waals surface area contributed by atoms with Gasteiger partial charge in [-0.2, -0.15) is 0 Å². The molecule has 156 valence electrons. The van der Waals surface area contributed by atoms with Crippen LogP contribution in [0.1, 0.15) is 24.0 Å². The first kappa shape index (κ1) is 20.2. The third-order valence-electron chi connectivity index (χ3n) is 6.19. The Kier molecular flexibility index (Phi) is 5.81. The second kappa shape index (κ2) is 8.34. The standard InChI is InChI=1S/C22H29N3O3S/c1-28-20-5-4-18-9-15-25(22(18)16-20)19-10-13-24(14-11-19)12-8-17-2-6-21(7-3-17)29(23,26)27/h2-7,16,19H,8-15H2,1H3,(H2,23,26,27). The topological polar surface area (TPSA) is 75.9 Å². The van der Waals surface area contributed by atoms with E-state index in [0.29, 0.717) is 6.04 Å². The highest BCUT2D eigenvalue weighted by Gasteiger charge is 2.29. The third-order valence-corrected chi connectivity index (χ3v) is 7.12. The van der Waals surface area contributed by atoms with Gasteiger partial charge in [-0.25, -0.2) is 13.6 Å². The SMILES string of the molecule is COc1ccc2c(c1)N(C1CCN(CCc3ccc(S(N)(=O)=O)cc3)CC1)CC2. The third kappa shape index (κ3) is 4.57. The Hall–Kier alpha value is -2.09. The minimum Gasteiger partial charge on any atom is -0.497 e. The molecule has 2 aliphatic heterocycles. The highest BCUT2D eigenvalue weighted by Crippen LogP contribution is 2.35. The summed E-state index contributed by atoms with van der Waals surface area (Å²) < 4.78 is 28.1. The number of hydrogen-bond acceptors (Lipinski definition) is 5. The number of piperidine rings is 1. The number of rotatable bonds is 6. The van der Waals surface area contributed by atoms with Gasteiger partial charge in [0.15, 0.2) is 0 Å². The smallest absolute Gasteiger partial charge is 0.238 e. The van der Waals surface area contributed by atoms with Crippen molar-refractivity contribution in [3.63, 3.8) is 0 Å². The lowest BCUT2D eigenvalue weighted by Gasteiger charge is -2.38. The largest absolute Gasteiger partial charge is 0.497 e. The van der Waals surface area contributed by atoms with Gasteiger partial charge >= 0.3 is 0 Å². The van der Waals surface area contributed by atoms with E-state index < -0.39 is 10.0 Å². The molecule has 6 nitrogen and oxygen atoms in total. The lowest BCUT2D eigenvalue weighted by Crippen LogP contribution is -2.45. The number of methoxy groups -OCH3 is 1. The summed E-state index contributed by atoms with van der Waals surface area (Å²) in [6.07, 6.45) is 4.37. The average molecular weight is 416 g/mol. The molecule has 0 atom stereocenters. The van der Waals surface area contributed by atoms with Crippen LogP contribution in [0, 0.1) is 0 Å². The monoisotopic (exact) mass is 415 g/mol. The quantitative estimate of drug-likeness (QED) is 0.784. The molecule has 29 heavy (non-hydrogen) atoms. The molecule has 0 aliphatic carbocycles. The molecule has 0 saturated carbocycles. The molecule has 2 aromatic carbocycles. The van der Waals surface area contributed by atoms with Crippen LogP contribution < -0.4 is 14.8 Å². The summed E-state index contributed by atoms with van der Waals surface area (Å²) in [5, 5.41) is 5.16. The highest BCUT2D eigenvalue weighted by molar-refractivity contribution is 7.89. The van der Waals surface area contributed by atoms with Crippen LogP contribution in [0.2, 0.25) is 0 Å². The van der Waals surface area contributed by atoms with E-state index in [4.69, 9.17) is 9.88 Å². The van der Waals surface area contributed by atoms with Crippen molar-refractivity contribution in [1.29, 1.82) is 0 Å². The lowest BCUT2D eigenvalue weighted by molar-refractivity contribution is 0.212. The van der Waals surface area contributed by atoms with Gasteiger partial charge in [0, 0.05) is 44.0 Å². The van der Waals surface area contributed by atoms with Crippen LogP contribution in [0.4, 0.5) is 5.69 Å². The summed E-state index contributed by atoms with van der Waals surface area (Å²) in [6.45, 7) is 4.28. The first-order valence-corrected chi connectivity index (χ1v) is 11.8. The molecular weight excluding hydrogens is 386 g/mol. The Morgan fingerprint density at radius 1 is 1.07 bits per heavy atom. The zero-order chi connectivity index (χ0) is 20.4. The van der Waals surface area contributed by atoms with Crippen LogP contribution in [0.3, 0.4) is 0 Å². The molecule has 2 N–H and O–H groups in total. The van der Waals surface area contributed by atoms with Crippen LogP contribution in [0.15, 0.2) is 47.4 Å². The maximum absolute atomic E-state index is 11.4. The molecular formula is C22H29N3O3S. The van der Waals surface area contributed by atoms with Gasteiger partial charge in [-0.05, 0) is 55.0 Å². The summed E-state index contributed by atoms with van der Waals surface area (Å²) in [6, 6.07) is 13.9. The number of benzene rings is 2. The second-order valence-electron chi connectivity index (χ2n) is 7.95. The first-order valence-electron chi connectivity index (χ1n) is 10.2. The predicted molar refractivity (Wildman–Crippen MR) is 115 cm³/mol. The van der Waals surface area contributed by atoms with Crippen molar-refractivity contribution >= 4 is 15.7 Å². The molecule has 2 heterocycles. The van der Waals surface area contributed by atoms with E-state index in [9.17, 15) is 8.42 Å². The van der Waals surface area contributed by atoms with Crippen molar-refractivity contribution in [3.05, 3.63) is 53.6 Å². The summed E-state index contributed by atoms with van der Waals surface area (Å²) in [4.78, 5) is 5.25. The Balaban J connectivity index is 1.30. The Morgan fingerprint density at radius 2 is 1.79 bits per heavy atom. The fourth-order valence-corrected chi connectivity index (χ4v) is 4.99. The summed E-state index contributed by atoms with van der Waals surface area (Å²) in [5.41, 5.74) is 3.91. The van der Waals surface area contributed by atoms with Gasteiger partial charge in [-0.15, -0.1) is 0 Å². The summed E-state index contributed by atoms with van der Waals surface area (Å²) >= 11 is 0. The van der Waals surface area contributed by atoms with E-state index >= 15 is 0 Å². The summed E-state index contributed by atoms with van der Waals surface area (Å²) in [7, 11) is -1.89. The van der Waals surface area contributed by atoms with Gasteiger partial charge in [0.2, 0.25) is 10.0 Å². The maximum Gasteiger partial charge on any atom is 0.238 e. The van der Waals surface area contributed by atoms with Crippen molar-refractivity contribution in [2.24, 2.45) is 5.14 Å². The minimum atomic E-state index is -3.62. The van der Waals surface area contributed by atoms with Crippen LogP contribution in [0.5, 0.6) is 5.75 Å². The Bertz CT molecular complexity index is 952. The predicted octanol–water partition coefficient (Wildman–Crippen LogP) is 2.41. The number of hydrogen-bond donors (Lipinski definition) is 1. The maximum atomic E-state index is 11.4. The number of nitrogens with two attached hydrogens (primary N) is 1. The molecule has 0 aromatic heterocycles. The number of primary sulfonamides is 1. The van der Waals surface area contributed by atoms with Crippen molar-refractivity contribution in [1.82, 2.24) is 4.90 Å². The Morgan fingerprint density at radius 3 is 2.45 bits per heavy atom. The van der Waals surface area contributed by atoms with Crippen molar-refractivity contribution < 1.29 is 13.2 Å². The van der Waals surface area contributed by atoms with Crippen LogP contribution in [-0.2, 0) is 22.9 Å². The molecule has 0 spiro atoms. The van der Waals surface area contributed by atoms with Crippen LogP contribution in [0.25, 0.3) is 0 Å². The molecule has 1 saturated heterocycles. The molecule has 2 aromatic rings. The van der Waals surface area contributed by atoms with Crippen molar-refractivity contribution in [3.8, 4) is 5.75 Å². The van der Waals surface area contributed by atoms with Crippen molar-refractivity contribution in [2.75, 3.05) is 38.2 Å². The molecule has 0 amide bonds. The molecule has 4 rings (SSSR count). The normalized spacial score (nSPS) is 18.1. The number of ether oxygens (including phenoxy) is 1. The lowest BCUT2D eigenvalue weighted by atomic mass is 10.0. The van der Waals surface area contributed by atoms with Gasteiger partial charge in [0.1, 0.15) is 5.75 Å². The van der Waals surface area contributed by atoms with E-state index in [0.717, 1.165) is 50.3 Å². The minimum absolute atomic E-state index is 0.171. The number of fused-ring (bicyclic) bond motifs is 1. The fraction of sp³-hybridized carbons (Fsp3) is 0.455. The van der Waals surface area contributed by atoms with E-state index in [1.165, 1.54) is 24.1 Å². The van der Waals surface area contributed by atoms with Gasteiger partial charge in [0.05, 0.1) is 12.0 Å². The van der Waals surface area contributed by atoms with Gasteiger partial charge < -0.3 is 14.5 Å². The zero-order valence-corrected chi connectivity index (χ0v) is 17.7. The van der Waals surface area contributed by atoms with E-state index in [-0.39, 0.29) is 4.90 Å². The zero-order valence-electron chi connectivity index (χ0n) is 16.9. The number of sulfonamides is 1. The van der Waals surface area contributed by atoms with E-state index in [1.54, 1.807) is 19.2 Å². The molecule has 2 aliphatic rings. The Labute approximate surface area is 173 Å². The van der Waals surface area contributed by atoms with E-state index in [2.05, 4.69) is 28.0 Å². The number of anilines is 1. The van der Waals surface area contributed by atoms with Crippen molar-refractivity contribution in [2.45, 2.75) is 36.6 Å². The fourth-order valence-electron chi connectivity index (χ4n) is 4.48. The van der Waals surface area contributed by atoms with Gasteiger partial charge in [-0.1, -0.05) is 18.2 Å². The average Bonchev–Trinajstić information content (AvgIpc) is 3.15.